The molecule has 0 bridgehead atoms. The molecule has 3 aromatic rings. The predicted molar refractivity (Wildman–Crippen MR) is 83.7 cm³/mol. The summed E-state index contributed by atoms with van der Waals surface area (Å²) in [5.74, 6) is 6.80. The van der Waals surface area contributed by atoms with Crippen LogP contribution in [0.25, 0.3) is 5.65 Å². The number of carbonyl (C=O) groups is 1. The molecule has 0 saturated heterocycles. The van der Waals surface area contributed by atoms with E-state index in [2.05, 4.69) is 23.7 Å². The van der Waals surface area contributed by atoms with Gasteiger partial charge < -0.3 is 8.97 Å². The lowest BCUT2D eigenvalue weighted by atomic mass is 9.99. The van der Waals surface area contributed by atoms with E-state index in [1.807, 2.05) is 51.8 Å². The first-order valence-corrected chi connectivity index (χ1v) is 7.38. The Hall–Kier alpha value is -2.80. The van der Waals surface area contributed by atoms with Crippen molar-refractivity contribution < 1.29 is 4.79 Å². The van der Waals surface area contributed by atoms with E-state index < -0.39 is 0 Å². The highest BCUT2D eigenvalue weighted by molar-refractivity contribution is 5.95. The molecule has 3 aromatic heterocycles. The number of nitrogens with zero attached hydrogens (tertiary/aromatic N) is 3. The number of carbonyl (C=O) groups excluding carboxylic acids is 1. The van der Waals surface area contributed by atoms with Gasteiger partial charge >= 0.3 is 0 Å². The minimum atomic E-state index is 0.208. The summed E-state index contributed by atoms with van der Waals surface area (Å²) in [5, 5.41) is 0. The van der Waals surface area contributed by atoms with E-state index in [0.29, 0.717) is 12.3 Å². The monoisotopic (exact) mass is 289 g/mol. The fourth-order valence-corrected chi connectivity index (χ4v) is 2.92. The molecule has 4 heteroatoms. The van der Waals surface area contributed by atoms with Gasteiger partial charge in [-0.3, -0.25) is 4.79 Å². The fraction of sp³-hybridized carbons (Fsp3) is 0.222. The van der Waals surface area contributed by atoms with Gasteiger partial charge in [0, 0.05) is 37.1 Å². The van der Waals surface area contributed by atoms with E-state index in [0.717, 1.165) is 29.1 Å². The fourth-order valence-electron chi connectivity index (χ4n) is 2.92. The molecule has 0 radical (unpaired) electrons. The van der Waals surface area contributed by atoms with Crippen molar-refractivity contribution in [1.82, 2.24) is 14.0 Å². The number of ketones is 1. The molecule has 108 valence electrons. The van der Waals surface area contributed by atoms with Gasteiger partial charge in [0.05, 0.1) is 5.69 Å². The highest BCUT2D eigenvalue weighted by atomic mass is 16.1. The Morgan fingerprint density at radius 3 is 3.05 bits per heavy atom. The molecule has 0 saturated carbocycles. The van der Waals surface area contributed by atoms with Gasteiger partial charge in [-0.1, -0.05) is 18.9 Å². The van der Waals surface area contributed by atoms with E-state index >= 15 is 0 Å². The number of rotatable bonds is 0. The van der Waals surface area contributed by atoms with Crippen molar-refractivity contribution in [3.05, 3.63) is 59.8 Å². The number of fused-ring (bicyclic) bond motifs is 2. The number of aromatic nitrogens is 3. The third-order valence-corrected chi connectivity index (χ3v) is 3.92. The Labute approximate surface area is 128 Å². The summed E-state index contributed by atoms with van der Waals surface area (Å²) >= 11 is 0. The van der Waals surface area contributed by atoms with Crippen molar-refractivity contribution in [2.75, 3.05) is 0 Å². The lowest BCUT2D eigenvalue weighted by Crippen LogP contribution is -2.22. The van der Waals surface area contributed by atoms with Crippen LogP contribution >= 0.6 is 0 Å². The van der Waals surface area contributed by atoms with Gasteiger partial charge in [-0.2, -0.15) is 0 Å². The highest BCUT2D eigenvalue weighted by Crippen LogP contribution is 2.21. The second-order valence-corrected chi connectivity index (χ2v) is 5.84. The molecule has 1 aliphatic heterocycles. The van der Waals surface area contributed by atoms with Crippen LogP contribution in [0, 0.1) is 17.8 Å². The zero-order valence-electron chi connectivity index (χ0n) is 12.3. The average Bonchev–Trinajstić information content (AvgIpc) is 3.07. The molecular weight excluding hydrogens is 274 g/mol. The van der Waals surface area contributed by atoms with Crippen molar-refractivity contribution in [2.24, 2.45) is 5.92 Å². The smallest absolute Gasteiger partial charge is 0.179 e. The summed E-state index contributed by atoms with van der Waals surface area (Å²) in [4.78, 5) is 16.5. The standard InChI is InChI=1S/C18H15N3O/c1-13-8-17(22)16-9-14(11-21(16)10-13)5-6-15-12-20-7-3-2-4-18(20)19-15/h2-4,7,9,11-13H,8,10H2,1H3. The number of imidazole rings is 1. The zero-order valence-corrected chi connectivity index (χ0v) is 12.3. The van der Waals surface area contributed by atoms with Crippen LogP contribution in [0.1, 0.15) is 35.1 Å². The van der Waals surface area contributed by atoms with Crippen molar-refractivity contribution in [3.63, 3.8) is 0 Å². The molecular formula is C18H15N3O. The largest absolute Gasteiger partial charge is 0.344 e. The number of hydrogen-bond acceptors (Lipinski definition) is 2. The highest BCUT2D eigenvalue weighted by Gasteiger charge is 2.22. The first kappa shape index (κ1) is 12.9. The minimum Gasteiger partial charge on any atom is -0.344 e. The Morgan fingerprint density at radius 2 is 2.18 bits per heavy atom. The molecule has 0 fully saturated rings. The Kier molecular flexibility index (Phi) is 2.87. The van der Waals surface area contributed by atoms with Crippen LogP contribution in [-0.2, 0) is 6.54 Å². The normalized spacial score (nSPS) is 17.1. The molecule has 4 rings (SSSR count). The molecule has 0 N–H and O–H groups in total. The van der Waals surface area contributed by atoms with Gasteiger partial charge in [0.2, 0.25) is 0 Å². The van der Waals surface area contributed by atoms with Crippen LogP contribution in [0.2, 0.25) is 0 Å². The third kappa shape index (κ3) is 2.21. The topological polar surface area (TPSA) is 39.3 Å². The van der Waals surface area contributed by atoms with Crippen LogP contribution in [0.15, 0.2) is 42.9 Å². The Bertz CT molecular complexity index is 903. The summed E-state index contributed by atoms with van der Waals surface area (Å²) in [5.41, 5.74) is 3.26. The SMILES string of the molecule is CC1CC(=O)c2cc(C#Cc3cn4ccccc4n3)cn2C1. The second kappa shape index (κ2) is 4.88. The van der Waals surface area contributed by atoms with Gasteiger partial charge in [-0.25, -0.2) is 4.98 Å². The summed E-state index contributed by atoms with van der Waals surface area (Å²) in [6.07, 6.45) is 6.45. The Morgan fingerprint density at radius 1 is 1.27 bits per heavy atom. The number of pyridine rings is 1. The maximum absolute atomic E-state index is 12.0. The zero-order chi connectivity index (χ0) is 15.1. The molecule has 0 aromatic carbocycles. The van der Waals surface area contributed by atoms with Gasteiger partial charge in [0.15, 0.2) is 5.78 Å². The first-order chi connectivity index (χ1) is 10.7. The predicted octanol–water partition coefficient (Wildman–Crippen LogP) is 2.76. The van der Waals surface area contributed by atoms with E-state index in [1.54, 1.807) is 0 Å². The van der Waals surface area contributed by atoms with Crippen molar-refractivity contribution in [3.8, 4) is 11.8 Å². The van der Waals surface area contributed by atoms with Crippen LogP contribution < -0.4 is 0 Å². The van der Waals surface area contributed by atoms with Crippen molar-refractivity contribution in [2.45, 2.75) is 19.9 Å². The average molecular weight is 289 g/mol. The van der Waals surface area contributed by atoms with Gasteiger partial charge in [-0.15, -0.1) is 0 Å². The minimum absolute atomic E-state index is 0.208. The van der Waals surface area contributed by atoms with E-state index in [-0.39, 0.29) is 5.78 Å². The second-order valence-electron chi connectivity index (χ2n) is 5.84. The molecule has 1 atom stereocenters. The molecule has 1 unspecified atom stereocenters. The van der Waals surface area contributed by atoms with Crippen LogP contribution in [0.4, 0.5) is 0 Å². The molecule has 0 amide bonds. The van der Waals surface area contributed by atoms with Crippen LogP contribution in [-0.4, -0.2) is 19.7 Å². The summed E-state index contributed by atoms with van der Waals surface area (Å²) in [7, 11) is 0. The number of hydrogen-bond donors (Lipinski definition) is 0. The van der Waals surface area contributed by atoms with E-state index in [9.17, 15) is 4.79 Å². The summed E-state index contributed by atoms with van der Waals surface area (Å²) in [6, 6.07) is 7.74. The van der Waals surface area contributed by atoms with Gasteiger partial charge in [0.1, 0.15) is 11.3 Å². The molecule has 4 nitrogen and oxygen atoms in total. The van der Waals surface area contributed by atoms with Crippen molar-refractivity contribution in [1.29, 1.82) is 0 Å². The lowest BCUT2D eigenvalue weighted by molar-refractivity contribution is 0.0929. The lowest BCUT2D eigenvalue weighted by Gasteiger charge is -2.19. The third-order valence-electron chi connectivity index (χ3n) is 3.92. The maximum Gasteiger partial charge on any atom is 0.179 e. The molecule has 4 heterocycles. The van der Waals surface area contributed by atoms with Crippen LogP contribution in [0.3, 0.4) is 0 Å². The summed E-state index contributed by atoms with van der Waals surface area (Å²) < 4.78 is 3.96. The summed E-state index contributed by atoms with van der Waals surface area (Å²) in [6.45, 7) is 2.99. The maximum atomic E-state index is 12.0. The Balaban J connectivity index is 1.67. The van der Waals surface area contributed by atoms with Crippen LogP contribution in [0.5, 0.6) is 0 Å². The van der Waals surface area contributed by atoms with Gasteiger partial charge in [0.25, 0.3) is 0 Å². The molecule has 22 heavy (non-hydrogen) atoms. The van der Waals surface area contributed by atoms with Crippen molar-refractivity contribution >= 4 is 11.4 Å². The first-order valence-electron chi connectivity index (χ1n) is 7.38. The van der Waals surface area contributed by atoms with E-state index in [1.165, 1.54) is 0 Å². The quantitative estimate of drug-likeness (QED) is 0.597. The molecule has 0 spiro atoms. The molecule has 0 aliphatic carbocycles. The van der Waals surface area contributed by atoms with Gasteiger partial charge in [-0.05, 0) is 30.0 Å². The number of Topliss-reactive ketones (excluding diaryl/α,β-unsaturated/α-hetero) is 1. The van der Waals surface area contributed by atoms with E-state index in [4.69, 9.17) is 0 Å². The molecule has 1 aliphatic rings.